The summed E-state index contributed by atoms with van der Waals surface area (Å²) in [7, 11) is 0. The zero-order valence-electron chi connectivity index (χ0n) is 33.9. The van der Waals surface area contributed by atoms with E-state index in [2.05, 4.69) is 84.6 Å². The molecule has 11 atom stereocenters. The molecule has 5 fully saturated rings. The van der Waals surface area contributed by atoms with Crippen LogP contribution in [0.15, 0.2) is 42.5 Å². The molecule has 0 bridgehead atoms. The lowest BCUT2D eigenvalue weighted by atomic mass is 9.32. The number of nitrogens with one attached hydrogen (secondary N) is 1. The number of aliphatic carboxylic acids is 1. The molecule has 1 amide bonds. The molecule has 5 aliphatic rings. The molecule has 0 aromatic heterocycles. The highest BCUT2D eigenvalue weighted by molar-refractivity contribution is 5.81. The second kappa shape index (κ2) is 13.6. The Labute approximate surface area is 314 Å². The average Bonchev–Trinajstić information content (AvgIpc) is 3.45. The van der Waals surface area contributed by atoms with Crippen molar-refractivity contribution in [3.8, 4) is 0 Å². The molecule has 2 N–H and O–H groups in total. The number of carbonyl (C=O) groups is 3. The Hall–Kier alpha value is -2.63. The van der Waals surface area contributed by atoms with Crippen LogP contribution in [-0.4, -0.2) is 29.1 Å². The molecule has 0 spiro atoms. The van der Waals surface area contributed by atoms with Crippen LogP contribution < -0.4 is 5.32 Å². The van der Waals surface area contributed by atoms with Gasteiger partial charge in [0.2, 0.25) is 5.91 Å². The van der Waals surface area contributed by atoms with Crippen molar-refractivity contribution in [2.45, 2.75) is 158 Å². The second-order valence-corrected chi connectivity index (χ2v) is 20.4. The van der Waals surface area contributed by atoms with Crippen molar-refractivity contribution in [2.24, 2.45) is 62.1 Å². The monoisotopic (exact) mass is 716 g/mol. The minimum atomic E-state index is -1.14. The number of carboxylic acid groups (broad SMARTS) is 1. The predicted octanol–water partition coefficient (Wildman–Crippen LogP) is 10.7. The average molecular weight is 716 g/mol. The van der Waals surface area contributed by atoms with Crippen molar-refractivity contribution >= 4 is 17.8 Å². The van der Waals surface area contributed by atoms with Crippen LogP contribution in [0.5, 0.6) is 0 Å². The summed E-state index contributed by atoms with van der Waals surface area (Å²) in [5.74, 6) is 1.37. The molecule has 5 aliphatic carbocycles. The van der Waals surface area contributed by atoms with Crippen LogP contribution in [0.25, 0.3) is 0 Å². The van der Waals surface area contributed by atoms with Gasteiger partial charge in [0.25, 0.3) is 0 Å². The lowest BCUT2D eigenvalue weighted by Crippen LogP contribution is -2.67. The number of carboxylic acids is 1. The van der Waals surface area contributed by atoms with Crippen LogP contribution in [0.3, 0.4) is 0 Å². The van der Waals surface area contributed by atoms with Crippen molar-refractivity contribution in [3.63, 3.8) is 0 Å². The normalized spacial score (nSPS) is 39.9. The zero-order valence-corrected chi connectivity index (χ0v) is 33.9. The van der Waals surface area contributed by atoms with E-state index in [-0.39, 0.29) is 51.5 Å². The van der Waals surface area contributed by atoms with E-state index in [0.717, 1.165) is 44.9 Å². The van der Waals surface area contributed by atoms with Gasteiger partial charge < -0.3 is 15.2 Å². The summed E-state index contributed by atoms with van der Waals surface area (Å²) in [4.78, 5) is 38.9. The SMILES string of the molecule is C=C(C)[C@@H]1CC[C@]2(CC(=O)N[C@@H](CC)c3ccccc3)CC[C@]3(C)[C@H](CC[C@@H]4[C@@]5(C)CC[C@H](OC(=O)CC(C)(C)C(=O)O)C(C)(C)[C@@H]5CC[C@]43C)[C@@H]12. The first-order chi connectivity index (χ1) is 24.3. The van der Waals surface area contributed by atoms with Crippen LogP contribution in [0.2, 0.25) is 0 Å². The topological polar surface area (TPSA) is 92.7 Å². The number of ether oxygens (including phenoxy) is 1. The highest BCUT2D eigenvalue weighted by Crippen LogP contribution is 2.78. The molecule has 6 heteroatoms. The fraction of sp³-hybridized carbons (Fsp3) is 0.761. The molecule has 1 aromatic rings. The number of fused-ring (bicyclic) bond motifs is 7. The number of amides is 1. The maximum Gasteiger partial charge on any atom is 0.309 e. The number of benzene rings is 1. The minimum Gasteiger partial charge on any atom is -0.481 e. The van der Waals surface area contributed by atoms with Gasteiger partial charge in [-0.3, -0.25) is 14.4 Å². The molecule has 1 aromatic carbocycles. The van der Waals surface area contributed by atoms with Gasteiger partial charge in [-0.05, 0) is 148 Å². The Morgan fingerprint density at radius 1 is 0.904 bits per heavy atom. The van der Waals surface area contributed by atoms with Gasteiger partial charge in [0.05, 0.1) is 17.9 Å². The van der Waals surface area contributed by atoms with Gasteiger partial charge in [-0.1, -0.05) is 84.0 Å². The summed E-state index contributed by atoms with van der Waals surface area (Å²) in [6.07, 6.45) is 12.3. The summed E-state index contributed by atoms with van der Waals surface area (Å²) < 4.78 is 6.19. The molecule has 0 radical (unpaired) electrons. The maximum atomic E-state index is 14.1. The molecule has 0 heterocycles. The fourth-order valence-corrected chi connectivity index (χ4v) is 14.1. The van der Waals surface area contributed by atoms with Crippen LogP contribution in [0.4, 0.5) is 0 Å². The highest BCUT2D eigenvalue weighted by atomic mass is 16.5. The first-order valence-corrected chi connectivity index (χ1v) is 20.7. The van der Waals surface area contributed by atoms with E-state index in [1.807, 2.05) is 6.07 Å². The standard InChI is InChI=1S/C46H69NO5/c1-11-33(30-15-13-12-14-16-30)47-37(48)27-46-24-19-31(29(2)3)39(46)32-17-18-35-43(8)22-21-36(52-38(49)28-41(4,5)40(50)51)42(6,7)34(43)20-23-45(35,10)44(32,9)25-26-46/h12-16,31-36,39H,2,11,17-28H2,1,3-10H3,(H,47,48)(H,50,51)/t31-,32+,33-,34-,35+,36-,39+,43-,44+,45+,46+/m0/s1. The molecular weight excluding hydrogens is 647 g/mol. The third-order valence-corrected chi connectivity index (χ3v) is 17.1. The van der Waals surface area contributed by atoms with Crippen molar-refractivity contribution in [1.82, 2.24) is 5.32 Å². The van der Waals surface area contributed by atoms with Crippen LogP contribution >= 0.6 is 0 Å². The Bertz CT molecular complexity index is 1550. The summed E-state index contributed by atoms with van der Waals surface area (Å²) in [6, 6.07) is 10.5. The van der Waals surface area contributed by atoms with Crippen LogP contribution in [0.1, 0.15) is 157 Å². The Kier molecular flexibility index (Phi) is 10.2. The molecule has 52 heavy (non-hydrogen) atoms. The number of hydrogen-bond donors (Lipinski definition) is 2. The number of rotatable bonds is 10. The molecule has 288 valence electrons. The molecule has 0 unspecified atom stereocenters. The fourth-order valence-electron chi connectivity index (χ4n) is 14.1. The molecular formula is C46H69NO5. The van der Waals surface area contributed by atoms with Crippen LogP contribution in [0, 0.1) is 62.1 Å². The van der Waals surface area contributed by atoms with Gasteiger partial charge >= 0.3 is 11.9 Å². The Morgan fingerprint density at radius 3 is 2.23 bits per heavy atom. The van der Waals surface area contributed by atoms with E-state index in [4.69, 9.17) is 4.74 Å². The van der Waals surface area contributed by atoms with Gasteiger partial charge in [-0.2, -0.15) is 0 Å². The largest absolute Gasteiger partial charge is 0.481 e. The quantitative estimate of drug-likeness (QED) is 0.186. The third kappa shape index (κ3) is 6.18. The molecule has 5 saturated carbocycles. The third-order valence-electron chi connectivity index (χ3n) is 17.1. The van der Waals surface area contributed by atoms with Gasteiger partial charge in [0.15, 0.2) is 0 Å². The lowest BCUT2D eigenvalue weighted by molar-refractivity contribution is -0.250. The van der Waals surface area contributed by atoms with E-state index in [0.29, 0.717) is 36.0 Å². The lowest BCUT2D eigenvalue weighted by Gasteiger charge is -2.73. The highest BCUT2D eigenvalue weighted by Gasteiger charge is 2.71. The summed E-state index contributed by atoms with van der Waals surface area (Å²) >= 11 is 0. The summed E-state index contributed by atoms with van der Waals surface area (Å²) in [6.45, 7) is 24.6. The number of esters is 1. The Morgan fingerprint density at radius 2 is 1.60 bits per heavy atom. The molecule has 6 nitrogen and oxygen atoms in total. The van der Waals surface area contributed by atoms with Gasteiger partial charge in [-0.15, -0.1) is 0 Å². The first-order valence-electron chi connectivity index (χ1n) is 20.7. The number of allylic oxidation sites excluding steroid dienone is 1. The summed E-state index contributed by atoms with van der Waals surface area (Å²) in [5.41, 5.74) is 1.67. The zero-order chi connectivity index (χ0) is 38.1. The van der Waals surface area contributed by atoms with Crippen molar-refractivity contribution < 1.29 is 24.2 Å². The predicted molar refractivity (Wildman–Crippen MR) is 207 cm³/mol. The van der Waals surface area contributed by atoms with Gasteiger partial charge in [0, 0.05) is 11.8 Å². The van der Waals surface area contributed by atoms with E-state index < -0.39 is 17.4 Å². The van der Waals surface area contributed by atoms with Gasteiger partial charge in [0.1, 0.15) is 6.10 Å². The van der Waals surface area contributed by atoms with E-state index >= 15 is 0 Å². The first kappa shape index (κ1) is 39.1. The summed E-state index contributed by atoms with van der Waals surface area (Å²) in [5, 5.41) is 13.1. The van der Waals surface area contributed by atoms with Crippen molar-refractivity contribution in [3.05, 3.63) is 48.0 Å². The van der Waals surface area contributed by atoms with Crippen molar-refractivity contribution in [2.75, 3.05) is 0 Å². The van der Waals surface area contributed by atoms with E-state index in [1.165, 1.54) is 36.8 Å². The Balaban J connectivity index is 1.24. The minimum absolute atomic E-state index is 0.0241. The van der Waals surface area contributed by atoms with Gasteiger partial charge in [-0.25, -0.2) is 0 Å². The smallest absolute Gasteiger partial charge is 0.309 e. The number of hydrogen-bond acceptors (Lipinski definition) is 4. The molecule has 6 rings (SSSR count). The van der Waals surface area contributed by atoms with Crippen LogP contribution in [-0.2, 0) is 19.1 Å². The van der Waals surface area contributed by atoms with E-state index in [9.17, 15) is 19.5 Å². The maximum absolute atomic E-state index is 14.1. The van der Waals surface area contributed by atoms with Crippen molar-refractivity contribution in [1.29, 1.82) is 0 Å². The molecule has 0 saturated heterocycles. The molecule has 0 aliphatic heterocycles. The number of carbonyl (C=O) groups excluding carboxylic acids is 2. The van der Waals surface area contributed by atoms with E-state index in [1.54, 1.807) is 13.8 Å². The second-order valence-electron chi connectivity index (χ2n) is 20.4.